The first-order chi connectivity index (χ1) is 18.2. The Morgan fingerprint density at radius 3 is 2.61 bits per heavy atom. The minimum absolute atomic E-state index is 0.0313. The van der Waals surface area contributed by atoms with Crippen molar-refractivity contribution in [1.82, 2.24) is 0 Å². The van der Waals surface area contributed by atoms with Gasteiger partial charge in [0, 0.05) is 12.8 Å². The van der Waals surface area contributed by atoms with Crippen molar-refractivity contribution in [2.45, 2.75) is 137 Å². The molecule has 0 amide bonds. The van der Waals surface area contributed by atoms with E-state index < -0.39 is 6.16 Å². The Morgan fingerprint density at radius 1 is 1.03 bits per heavy atom. The summed E-state index contributed by atoms with van der Waals surface area (Å²) in [5.74, 6) is 7.78. The number of hydrogen-bond donors (Lipinski definition) is 0. The number of rotatable bonds is 11. The van der Waals surface area contributed by atoms with Crippen molar-refractivity contribution in [3.63, 3.8) is 0 Å². The third-order valence-corrected chi connectivity index (χ3v) is 11.7. The van der Waals surface area contributed by atoms with Gasteiger partial charge in [-0.25, -0.2) is 4.79 Å². The molecule has 38 heavy (non-hydrogen) atoms. The Balaban J connectivity index is 1.32. The summed E-state index contributed by atoms with van der Waals surface area (Å²) in [4.78, 5) is 12.3. The topological polar surface area (TPSA) is 35.5 Å². The van der Waals surface area contributed by atoms with Gasteiger partial charge >= 0.3 is 6.16 Å². The number of allylic oxidation sites excluding steroid dienone is 1. The number of hydrogen-bond acceptors (Lipinski definition) is 3. The molecule has 0 N–H and O–H groups in total. The summed E-state index contributed by atoms with van der Waals surface area (Å²) in [7, 11) is 0. The van der Waals surface area contributed by atoms with E-state index in [1.165, 1.54) is 51.4 Å². The molecule has 0 aromatic rings. The van der Waals surface area contributed by atoms with Crippen LogP contribution in [0.4, 0.5) is 4.79 Å². The lowest BCUT2D eigenvalue weighted by molar-refractivity contribution is -0.0617. The highest BCUT2D eigenvalue weighted by Gasteiger charge is 2.59. The lowest BCUT2D eigenvalue weighted by Gasteiger charge is -2.58. The van der Waals surface area contributed by atoms with E-state index in [2.05, 4.69) is 46.6 Å². The molecule has 214 valence electrons. The van der Waals surface area contributed by atoms with Gasteiger partial charge in [0.1, 0.15) is 6.10 Å². The highest BCUT2D eigenvalue weighted by molar-refractivity contribution is 5.60. The first-order valence-corrected chi connectivity index (χ1v) is 16.2. The van der Waals surface area contributed by atoms with Crippen LogP contribution in [-0.2, 0) is 9.47 Å². The zero-order chi connectivity index (χ0) is 27.3. The normalized spacial score (nSPS) is 36.9. The molecular formula is C35H56O3. The number of carbonyl (C=O) groups is 1. The van der Waals surface area contributed by atoms with E-state index in [0.717, 1.165) is 80.5 Å². The van der Waals surface area contributed by atoms with Gasteiger partial charge in [0.2, 0.25) is 0 Å². The summed E-state index contributed by atoms with van der Waals surface area (Å²) in [5.41, 5.74) is 2.38. The molecule has 0 aromatic carbocycles. The van der Waals surface area contributed by atoms with Gasteiger partial charge in [0.15, 0.2) is 0 Å². The van der Waals surface area contributed by atoms with E-state index in [4.69, 9.17) is 15.9 Å². The Bertz CT molecular complexity index is 867. The predicted molar refractivity (Wildman–Crippen MR) is 157 cm³/mol. The van der Waals surface area contributed by atoms with Gasteiger partial charge in [-0.2, -0.15) is 0 Å². The van der Waals surface area contributed by atoms with E-state index in [0.29, 0.717) is 12.0 Å². The van der Waals surface area contributed by atoms with Crippen molar-refractivity contribution in [3.8, 4) is 12.3 Å². The fourth-order valence-corrected chi connectivity index (χ4v) is 9.58. The molecule has 3 saturated carbocycles. The minimum Gasteiger partial charge on any atom is -0.434 e. The summed E-state index contributed by atoms with van der Waals surface area (Å²) < 4.78 is 11.2. The van der Waals surface area contributed by atoms with Crippen molar-refractivity contribution in [3.05, 3.63) is 11.6 Å². The lowest BCUT2D eigenvalue weighted by atomic mass is 9.47. The van der Waals surface area contributed by atoms with E-state index in [9.17, 15) is 4.79 Å². The van der Waals surface area contributed by atoms with Crippen LogP contribution in [-0.4, -0.2) is 18.9 Å². The Hall–Kier alpha value is -1.43. The lowest BCUT2D eigenvalue weighted by Crippen LogP contribution is -2.51. The average molecular weight is 525 g/mol. The van der Waals surface area contributed by atoms with Crippen molar-refractivity contribution < 1.29 is 14.3 Å². The summed E-state index contributed by atoms with van der Waals surface area (Å²) in [6.07, 6.45) is 25.1. The van der Waals surface area contributed by atoms with Crippen LogP contribution < -0.4 is 0 Å². The molecule has 0 aliphatic heterocycles. The van der Waals surface area contributed by atoms with Crippen LogP contribution >= 0.6 is 0 Å². The number of carbonyl (C=O) groups excluding carboxylic acids is 1. The molecule has 0 aromatic heterocycles. The molecule has 4 aliphatic carbocycles. The molecule has 0 heterocycles. The highest BCUT2D eigenvalue weighted by Crippen LogP contribution is 2.67. The number of fused-ring (bicyclic) bond motifs is 5. The van der Waals surface area contributed by atoms with E-state index >= 15 is 0 Å². The average Bonchev–Trinajstić information content (AvgIpc) is 3.23. The molecule has 8 atom stereocenters. The van der Waals surface area contributed by atoms with Crippen molar-refractivity contribution >= 4 is 6.16 Å². The first-order valence-electron chi connectivity index (χ1n) is 16.2. The van der Waals surface area contributed by atoms with Crippen molar-refractivity contribution in [2.24, 2.45) is 46.3 Å². The van der Waals surface area contributed by atoms with Gasteiger partial charge in [-0.1, -0.05) is 65.5 Å². The number of unbranched alkanes of at least 4 members (excludes halogenated alkanes) is 3. The largest absolute Gasteiger partial charge is 0.508 e. The standard InChI is InChI=1S/C35H56O3/c1-7-8-9-10-11-23-37-33(36)38-28-19-21-34(5)27(24-28)15-16-29-31-18-17-30(26(4)14-12-13-25(2)3)35(31,6)22-20-32(29)34/h1,15,25-26,28-32H,8-14,16-24H2,2-6H3/t26-,28?,29+,30-,31+,32+,34+,35-/m1/s1. The van der Waals surface area contributed by atoms with Crippen LogP contribution in [0.2, 0.25) is 0 Å². The second-order valence-corrected chi connectivity index (χ2v) is 14.4. The van der Waals surface area contributed by atoms with Crippen molar-refractivity contribution in [2.75, 3.05) is 6.61 Å². The molecule has 3 heteroatoms. The van der Waals surface area contributed by atoms with E-state index in [-0.39, 0.29) is 11.5 Å². The second kappa shape index (κ2) is 12.8. The molecule has 3 fully saturated rings. The van der Waals surface area contributed by atoms with Crippen LogP contribution in [0.1, 0.15) is 131 Å². The maximum atomic E-state index is 12.3. The highest BCUT2D eigenvalue weighted by atomic mass is 16.7. The molecule has 3 nitrogen and oxygen atoms in total. The molecular weight excluding hydrogens is 468 g/mol. The third-order valence-electron chi connectivity index (χ3n) is 11.7. The summed E-state index contributed by atoms with van der Waals surface area (Å²) in [6, 6.07) is 0. The Labute approximate surface area is 234 Å². The fraction of sp³-hybridized carbons (Fsp3) is 0.857. The van der Waals surface area contributed by atoms with Gasteiger partial charge in [-0.05, 0) is 111 Å². The molecule has 0 bridgehead atoms. The zero-order valence-electron chi connectivity index (χ0n) is 25.2. The van der Waals surface area contributed by atoms with Crippen LogP contribution in [0, 0.1) is 58.7 Å². The minimum atomic E-state index is -0.488. The predicted octanol–water partition coefficient (Wildman–Crippen LogP) is 9.74. The zero-order valence-corrected chi connectivity index (χ0v) is 25.2. The van der Waals surface area contributed by atoms with Crippen LogP contribution in [0.25, 0.3) is 0 Å². The van der Waals surface area contributed by atoms with Gasteiger partial charge < -0.3 is 9.47 Å². The van der Waals surface area contributed by atoms with Crippen LogP contribution in [0.3, 0.4) is 0 Å². The van der Waals surface area contributed by atoms with Gasteiger partial charge in [-0.3, -0.25) is 0 Å². The summed E-state index contributed by atoms with van der Waals surface area (Å²) >= 11 is 0. The number of terminal acetylenes is 1. The number of ether oxygens (including phenoxy) is 2. The maximum absolute atomic E-state index is 12.3. The SMILES string of the molecule is C#CCCCCCOC(=O)OC1CC[C@@]2(C)C(=CC[C@H]3[C@@H]4CC[C@H]([C@H](C)CCCC(C)C)[C@@]4(C)CC[C@@H]32)C1. The smallest absolute Gasteiger partial charge is 0.434 e. The maximum Gasteiger partial charge on any atom is 0.508 e. The quantitative estimate of drug-likeness (QED) is 0.117. The van der Waals surface area contributed by atoms with Gasteiger partial charge in [-0.15, -0.1) is 12.3 Å². The van der Waals surface area contributed by atoms with Gasteiger partial charge in [0.25, 0.3) is 0 Å². The Kier molecular flexibility index (Phi) is 9.97. The van der Waals surface area contributed by atoms with Crippen LogP contribution in [0.5, 0.6) is 0 Å². The molecule has 0 spiro atoms. The molecule has 1 unspecified atom stereocenters. The second-order valence-electron chi connectivity index (χ2n) is 14.4. The first kappa shape index (κ1) is 29.6. The van der Waals surface area contributed by atoms with E-state index in [1.54, 1.807) is 5.57 Å². The molecule has 4 aliphatic rings. The van der Waals surface area contributed by atoms with Gasteiger partial charge in [0.05, 0.1) is 6.61 Å². The van der Waals surface area contributed by atoms with E-state index in [1.807, 2.05) is 0 Å². The van der Waals surface area contributed by atoms with Crippen LogP contribution in [0.15, 0.2) is 11.6 Å². The molecule has 0 saturated heterocycles. The third kappa shape index (κ3) is 6.31. The summed E-state index contributed by atoms with van der Waals surface area (Å²) in [5, 5.41) is 0. The monoisotopic (exact) mass is 524 g/mol. The summed E-state index contributed by atoms with van der Waals surface area (Å²) in [6.45, 7) is 12.9. The molecule has 4 rings (SSSR count). The van der Waals surface area contributed by atoms with Crippen molar-refractivity contribution in [1.29, 1.82) is 0 Å². The Morgan fingerprint density at radius 2 is 1.84 bits per heavy atom. The molecule has 0 radical (unpaired) electrons. The fourth-order valence-electron chi connectivity index (χ4n) is 9.58.